The smallest absolute Gasteiger partial charge is 0.254 e. The molecule has 2 heterocycles. The van der Waals surface area contributed by atoms with E-state index < -0.39 is 0 Å². The summed E-state index contributed by atoms with van der Waals surface area (Å²) >= 11 is 0. The van der Waals surface area contributed by atoms with Crippen LogP contribution in [0, 0.1) is 5.82 Å². The summed E-state index contributed by atoms with van der Waals surface area (Å²) in [6, 6.07) is 6.63. The molecule has 1 aromatic rings. The Morgan fingerprint density at radius 2 is 1.95 bits per heavy atom. The van der Waals surface area contributed by atoms with Crippen LogP contribution in [0.3, 0.4) is 0 Å². The highest BCUT2D eigenvalue weighted by Gasteiger charge is 2.34. The van der Waals surface area contributed by atoms with Crippen molar-refractivity contribution < 1.29 is 9.18 Å². The Hall–Kier alpha value is -1.42. The van der Waals surface area contributed by atoms with E-state index in [9.17, 15) is 9.18 Å². The lowest BCUT2D eigenvalue weighted by Gasteiger charge is -2.39. The molecule has 0 bridgehead atoms. The van der Waals surface area contributed by atoms with Crippen LogP contribution in [0.4, 0.5) is 4.39 Å². The van der Waals surface area contributed by atoms with E-state index in [1.54, 1.807) is 12.1 Å². The van der Waals surface area contributed by atoms with Crippen molar-refractivity contribution in [3.05, 3.63) is 35.6 Å². The molecule has 4 heteroatoms. The van der Waals surface area contributed by atoms with E-state index in [0.717, 1.165) is 32.4 Å². The Bertz CT molecular complexity index is 468. The lowest BCUT2D eigenvalue weighted by Crippen LogP contribution is -2.52. The Morgan fingerprint density at radius 3 is 2.65 bits per heavy atom. The van der Waals surface area contributed by atoms with Crippen molar-refractivity contribution >= 4 is 5.91 Å². The second-order valence-electron chi connectivity index (χ2n) is 5.77. The molecule has 0 aliphatic carbocycles. The minimum Gasteiger partial charge on any atom is -0.334 e. The predicted molar refractivity (Wildman–Crippen MR) is 76.1 cm³/mol. The highest BCUT2D eigenvalue weighted by molar-refractivity contribution is 5.94. The van der Waals surface area contributed by atoms with Crippen molar-refractivity contribution in [3.63, 3.8) is 0 Å². The van der Waals surface area contributed by atoms with Gasteiger partial charge in [0.05, 0.1) is 0 Å². The zero-order chi connectivity index (χ0) is 13.9. The Kier molecular flexibility index (Phi) is 4.01. The molecule has 0 spiro atoms. The maximum Gasteiger partial charge on any atom is 0.254 e. The summed E-state index contributed by atoms with van der Waals surface area (Å²) in [5.41, 5.74) is 0.594. The van der Waals surface area contributed by atoms with Gasteiger partial charge in [-0.1, -0.05) is 0 Å². The first-order chi connectivity index (χ1) is 9.75. The molecule has 108 valence electrons. The minimum atomic E-state index is -0.297. The molecule has 3 nitrogen and oxygen atoms in total. The Labute approximate surface area is 119 Å². The summed E-state index contributed by atoms with van der Waals surface area (Å²) in [5.74, 6) is -0.252. The SMILES string of the molecule is O=C(c1ccc(F)cc1)N1CCCCC1C1CCCN1. The molecular weight excluding hydrogens is 255 g/mol. The van der Waals surface area contributed by atoms with Gasteiger partial charge in [-0.3, -0.25) is 4.79 Å². The van der Waals surface area contributed by atoms with Gasteiger partial charge in [0.2, 0.25) is 0 Å². The summed E-state index contributed by atoms with van der Waals surface area (Å²) in [6.07, 6.45) is 5.68. The maximum atomic E-state index is 13.0. The summed E-state index contributed by atoms with van der Waals surface area (Å²) in [7, 11) is 0. The second-order valence-corrected chi connectivity index (χ2v) is 5.77. The third kappa shape index (κ3) is 2.70. The summed E-state index contributed by atoms with van der Waals surface area (Å²) in [4.78, 5) is 14.7. The van der Waals surface area contributed by atoms with E-state index in [-0.39, 0.29) is 11.7 Å². The molecule has 1 aromatic carbocycles. The molecule has 0 saturated carbocycles. The highest BCUT2D eigenvalue weighted by Crippen LogP contribution is 2.25. The number of benzene rings is 1. The summed E-state index contributed by atoms with van der Waals surface area (Å²) in [6.45, 7) is 1.87. The van der Waals surface area contributed by atoms with Crippen molar-refractivity contribution in [1.29, 1.82) is 0 Å². The molecule has 2 fully saturated rings. The van der Waals surface area contributed by atoms with Crippen LogP contribution in [-0.2, 0) is 0 Å². The first kappa shape index (κ1) is 13.6. The molecule has 2 atom stereocenters. The maximum absolute atomic E-state index is 13.0. The number of carbonyl (C=O) groups is 1. The van der Waals surface area contributed by atoms with Gasteiger partial charge in [0, 0.05) is 24.2 Å². The fourth-order valence-corrected chi connectivity index (χ4v) is 3.43. The minimum absolute atomic E-state index is 0.0448. The summed E-state index contributed by atoms with van der Waals surface area (Å²) in [5, 5.41) is 3.52. The molecule has 1 amide bonds. The number of halogens is 1. The lowest BCUT2D eigenvalue weighted by atomic mass is 9.93. The first-order valence-electron chi connectivity index (χ1n) is 7.55. The largest absolute Gasteiger partial charge is 0.334 e. The van der Waals surface area contributed by atoms with Crippen LogP contribution in [0.25, 0.3) is 0 Å². The Balaban J connectivity index is 1.78. The molecule has 2 unspecified atom stereocenters. The van der Waals surface area contributed by atoms with Gasteiger partial charge in [0.15, 0.2) is 0 Å². The molecule has 20 heavy (non-hydrogen) atoms. The first-order valence-corrected chi connectivity index (χ1v) is 7.55. The van der Waals surface area contributed by atoms with Crippen LogP contribution in [0.5, 0.6) is 0 Å². The molecule has 1 N–H and O–H groups in total. The molecular formula is C16H21FN2O. The molecule has 2 aliphatic heterocycles. The van der Waals surface area contributed by atoms with Crippen molar-refractivity contribution in [1.82, 2.24) is 10.2 Å². The molecule has 0 aromatic heterocycles. The van der Waals surface area contributed by atoms with Crippen LogP contribution in [0.15, 0.2) is 24.3 Å². The van der Waals surface area contributed by atoms with E-state index in [0.29, 0.717) is 17.6 Å². The van der Waals surface area contributed by atoms with Crippen LogP contribution in [-0.4, -0.2) is 36.0 Å². The van der Waals surface area contributed by atoms with E-state index in [2.05, 4.69) is 5.32 Å². The normalized spacial score (nSPS) is 26.8. The number of amides is 1. The molecule has 2 aliphatic rings. The average Bonchev–Trinajstić information content (AvgIpc) is 3.01. The number of nitrogens with one attached hydrogen (secondary N) is 1. The fraction of sp³-hybridized carbons (Fsp3) is 0.562. The third-order valence-electron chi connectivity index (χ3n) is 4.46. The number of rotatable bonds is 2. The number of carbonyl (C=O) groups excluding carboxylic acids is 1. The number of likely N-dealkylation sites (tertiary alicyclic amines) is 1. The van der Waals surface area contributed by atoms with E-state index in [1.807, 2.05) is 4.90 Å². The van der Waals surface area contributed by atoms with Gasteiger partial charge in [0.25, 0.3) is 5.91 Å². The summed E-state index contributed by atoms with van der Waals surface area (Å²) < 4.78 is 13.0. The van der Waals surface area contributed by atoms with E-state index >= 15 is 0 Å². The van der Waals surface area contributed by atoms with Gasteiger partial charge in [-0.25, -0.2) is 4.39 Å². The van der Waals surface area contributed by atoms with Crippen LogP contribution < -0.4 is 5.32 Å². The average molecular weight is 276 g/mol. The molecule has 2 saturated heterocycles. The van der Waals surface area contributed by atoms with Crippen LogP contribution in [0.1, 0.15) is 42.5 Å². The van der Waals surface area contributed by atoms with Gasteiger partial charge >= 0.3 is 0 Å². The van der Waals surface area contributed by atoms with Crippen molar-refractivity contribution in [3.8, 4) is 0 Å². The third-order valence-corrected chi connectivity index (χ3v) is 4.46. The molecule has 3 rings (SSSR count). The van der Waals surface area contributed by atoms with Crippen LogP contribution >= 0.6 is 0 Å². The number of piperidine rings is 1. The number of nitrogens with zero attached hydrogens (tertiary/aromatic N) is 1. The number of hydrogen-bond acceptors (Lipinski definition) is 2. The second kappa shape index (κ2) is 5.92. The quantitative estimate of drug-likeness (QED) is 0.900. The lowest BCUT2D eigenvalue weighted by molar-refractivity contribution is 0.0563. The molecule has 0 radical (unpaired) electrons. The van der Waals surface area contributed by atoms with E-state index in [4.69, 9.17) is 0 Å². The predicted octanol–water partition coefficient (Wildman–Crippen LogP) is 2.57. The van der Waals surface area contributed by atoms with Crippen LogP contribution in [0.2, 0.25) is 0 Å². The van der Waals surface area contributed by atoms with E-state index in [1.165, 1.54) is 25.0 Å². The van der Waals surface area contributed by atoms with Crippen molar-refractivity contribution in [2.24, 2.45) is 0 Å². The zero-order valence-corrected chi connectivity index (χ0v) is 11.6. The Morgan fingerprint density at radius 1 is 1.15 bits per heavy atom. The zero-order valence-electron chi connectivity index (χ0n) is 11.6. The van der Waals surface area contributed by atoms with Crippen molar-refractivity contribution in [2.45, 2.75) is 44.2 Å². The number of hydrogen-bond donors (Lipinski definition) is 1. The fourth-order valence-electron chi connectivity index (χ4n) is 3.43. The van der Waals surface area contributed by atoms with Gasteiger partial charge in [-0.2, -0.15) is 0 Å². The van der Waals surface area contributed by atoms with Gasteiger partial charge in [-0.05, 0) is 62.9 Å². The standard InChI is InChI=1S/C16H21FN2O/c17-13-8-6-12(7-9-13)16(20)19-11-2-1-5-15(19)14-4-3-10-18-14/h6-9,14-15,18H,1-5,10-11H2. The highest BCUT2D eigenvalue weighted by atomic mass is 19.1. The van der Waals surface area contributed by atoms with Crippen molar-refractivity contribution in [2.75, 3.05) is 13.1 Å². The topological polar surface area (TPSA) is 32.3 Å². The van der Waals surface area contributed by atoms with Gasteiger partial charge < -0.3 is 10.2 Å². The monoisotopic (exact) mass is 276 g/mol. The van der Waals surface area contributed by atoms with Gasteiger partial charge in [-0.15, -0.1) is 0 Å². The van der Waals surface area contributed by atoms with Gasteiger partial charge in [0.1, 0.15) is 5.82 Å².